The Labute approximate surface area is 113 Å². The van der Waals surface area contributed by atoms with E-state index >= 15 is 0 Å². The number of carboxylic acid groups (broad SMARTS) is 1. The monoisotopic (exact) mass is 261 g/mol. The molecule has 2 aliphatic rings. The maximum atomic E-state index is 11.3. The van der Waals surface area contributed by atoms with Crippen LogP contribution in [0.4, 0.5) is 0 Å². The van der Waals surface area contributed by atoms with Gasteiger partial charge in [-0.3, -0.25) is 9.69 Å². The summed E-state index contributed by atoms with van der Waals surface area (Å²) in [6, 6.07) is 10.3. The molecule has 1 aliphatic heterocycles. The number of nitrogens with zero attached hydrogens (tertiary/aromatic N) is 1. The molecule has 3 rings (SSSR count). The number of carboxylic acids is 1. The molecule has 2 fully saturated rings. The van der Waals surface area contributed by atoms with Gasteiger partial charge in [-0.15, -0.1) is 0 Å². The fraction of sp³-hybridized carbons (Fsp3) is 0.533. The molecule has 19 heavy (non-hydrogen) atoms. The lowest BCUT2D eigenvalue weighted by atomic mass is 9.97. The van der Waals surface area contributed by atoms with E-state index in [1.165, 1.54) is 5.56 Å². The van der Waals surface area contributed by atoms with Crippen LogP contribution in [0.2, 0.25) is 0 Å². The minimum absolute atomic E-state index is 0.150. The van der Waals surface area contributed by atoms with Crippen molar-refractivity contribution in [2.75, 3.05) is 19.7 Å². The standard InChI is InChI=1S/C15H19NO3/c17-14(18)15(6-7-15)13-11-16(8-9-19-13)10-12-4-2-1-3-5-12/h1-5,13H,6-11H2,(H,17,18). The number of rotatable bonds is 4. The van der Waals surface area contributed by atoms with Crippen LogP contribution in [-0.4, -0.2) is 41.8 Å². The molecule has 4 heteroatoms. The van der Waals surface area contributed by atoms with Gasteiger partial charge in [0.1, 0.15) is 0 Å². The van der Waals surface area contributed by atoms with Crippen molar-refractivity contribution in [3.05, 3.63) is 35.9 Å². The molecule has 1 aliphatic carbocycles. The molecule has 1 unspecified atom stereocenters. The fourth-order valence-corrected chi connectivity index (χ4v) is 2.83. The highest BCUT2D eigenvalue weighted by molar-refractivity contribution is 5.78. The van der Waals surface area contributed by atoms with E-state index in [4.69, 9.17) is 4.74 Å². The van der Waals surface area contributed by atoms with E-state index in [9.17, 15) is 9.90 Å². The molecule has 1 saturated carbocycles. The van der Waals surface area contributed by atoms with Gasteiger partial charge in [0, 0.05) is 19.6 Å². The molecule has 0 spiro atoms. The van der Waals surface area contributed by atoms with Gasteiger partial charge < -0.3 is 9.84 Å². The number of benzene rings is 1. The molecule has 0 radical (unpaired) electrons. The number of carbonyl (C=O) groups is 1. The first-order valence-corrected chi connectivity index (χ1v) is 6.82. The lowest BCUT2D eigenvalue weighted by Crippen LogP contribution is -2.48. The number of ether oxygens (including phenoxy) is 1. The Kier molecular flexibility index (Phi) is 3.29. The Morgan fingerprint density at radius 1 is 1.37 bits per heavy atom. The van der Waals surface area contributed by atoms with Gasteiger partial charge >= 0.3 is 5.97 Å². The zero-order chi connectivity index (χ0) is 13.3. The van der Waals surface area contributed by atoms with Gasteiger partial charge in [0.25, 0.3) is 0 Å². The molecule has 1 heterocycles. The van der Waals surface area contributed by atoms with Crippen LogP contribution in [-0.2, 0) is 16.1 Å². The number of aliphatic carboxylic acids is 1. The zero-order valence-electron chi connectivity index (χ0n) is 10.9. The van der Waals surface area contributed by atoms with Crippen LogP contribution in [0.5, 0.6) is 0 Å². The lowest BCUT2D eigenvalue weighted by molar-refractivity contribution is -0.154. The Balaban J connectivity index is 1.64. The van der Waals surface area contributed by atoms with E-state index in [0.717, 1.165) is 32.5 Å². The third-order valence-corrected chi connectivity index (χ3v) is 4.23. The van der Waals surface area contributed by atoms with Crippen LogP contribution in [0.15, 0.2) is 30.3 Å². The Morgan fingerprint density at radius 3 is 2.74 bits per heavy atom. The fourth-order valence-electron chi connectivity index (χ4n) is 2.83. The second kappa shape index (κ2) is 4.94. The van der Waals surface area contributed by atoms with E-state index in [1.807, 2.05) is 18.2 Å². The van der Waals surface area contributed by atoms with Gasteiger partial charge in [-0.1, -0.05) is 30.3 Å². The van der Waals surface area contributed by atoms with Crippen molar-refractivity contribution >= 4 is 5.97 Å². The summed E-state index contributed by atoms with van der Waals surface area (Å²) in [4.78, 5) is 13.6. The van der Waals surface area contributed by atoms with Gasteiger partial charge in [0.15, 0.2) is 0 Å². The maximum Gasteiger partial charge on any atom is 0.312 e. The van der Waals surface area contributed by atoms with Gasteiger partial charge in [-0.25, -0.2) is 0 Å². The predicted octanol–water partition coefficient (Wildman–Crippen LogP) is 1.75. The minimum Gasteiger partial charge on any atom is -0.481 e. The molecule has 1 N–H and O–H groups in total. The number of hydrogen-bond donors (Lipinski definition) is 1. The van der Waals surface area contributed by atoms with E-state index in [2.05, 4.69) is 17.0 Å². The molecule has 0 amide bonds. The second-order valence-corrected chi connectivity index (χ2v) is 5.54. The van der Waals surface area contributed by atoms with E-state index in [-0.39, 0.29) is 6.10 Å². The average Bonchev–Trinajstić information content (AvgIpc) is 3.22. The molecule has 1 saturated heterocycles. The molecule has 0 bridgehead atoms. The van der Waals surface area contributed by atoms with Crippen molar-refractivity contribution in [2.24, 2.45) is 5.41 Å². The first-order chi connectivity index (χ1) is 9.21. The summed E-state index contributed by atoms with van der Waals surface area (Å²) < 4.78 is 5.71. The molecular weight excluding hydrogens is 242 g/mol. The summed E-state index contributed by atoms with van der Waals surface area (Å²) in [5.74, 6) is -0.695. The maximum absolute atomic E-state index is 11.3. The van der Waals surface area contributed by atoms with E-state index in [1.54, 1.807) is 0 Å². The van der Waals surface area contributed by atoms with Crippen LogP contribution >= 0.6 is 0 Å². The van der Waals surface area contributed by atoms with Crippen molar-refractivity contribution in [1.82, 2.24) is 4.90 Å². The zero-order valence-corrected chi connectivity index (χ0v) is 10.9. The van der Waals surface area contributed by atoms with Crippen LogP contribution in [0.3, 0.4) is 0 Å². The SMILES string of the molecule is O=C(O)C1(C2CN(Cc3ccccc3)CCO2)CC1. The van der Waals surface area contributed by atoms with Gasteiger partial charge in [-0.2, -0.15) is 0 Å². The molecule has 0 aromatic heterocycles. The van der Waals surface area contributed by atoms with Gasteiger partial charge in [-0.05, 0) is 18.4 Å². The summed E-state index contributed by atoms with van der Waals surface area (Å²) in [7, 11) is 0. The molecule has 1 aromatic rings. The van der Waals surface area contributed by atoms with E-state index < -0.39 is 11.4 Å². The lowest BCUT2D eigenvalue weighted by Gasteiger charge is -2.35. The van der Waals surface area contributed by atoms with Crippen molar-refractivity contribution in [1.29, 1.82) is 0 Å². The topological polar surface area (TPSA) is 49.8 Å². The first kappa shape index (κ1) is 12.6. The Hall–Kier alpha value is -1.39. The quantitative estimate of drug-likeness (QED) is 0.897. The van der Waals surface area contributed by atoms with Crippen LogP contribution in [0.25, 0.3) is 0 Å². The smallest absolute Gasteiger partial charge is 0.312 e. The predicted molar refractivity (Wildman–Crippen MR) is 70.8 cm³/mol. The molecule has 4 nitrogen and oxygen atoms in total. The van der Waals surface area contributed by atoms with Gasteiger partial charge in [0.2, 0.25) is 0 Å². The highest BCUT2D eigenvalue weighted by Crippen LogP contribution is 2.50. The average molecular weight is 261 g/mol. The first-order valence-electron chi connectivity index (χ1n) is 6.82. The summed E-state index contributed by atoms with van der Waals surface area (Å²) >= 11 is 0. The third kappa shape index (κ3) is 2.51. The summed E-state index contributed by atoms with van der Waals surface area (Å²) in [5.41, 5.74) is 0.665. The molecule has 1 aromatic carbocycles. The van der Waals surface area contributed by atoms with Crippen molar-refractivity contribution in [2.45, 2.75) is 25.5 Å². The largest absolute Gasteiger partial charge is 0.481 e. The molecule has 102 valence electrons. The second-order valence-electron chi connectivity index (χ2n) is 5.54. The van der Waals surface area contributed by atoms with Crippen LogP contribution in [0, 0.1) is 5.41 Å². The Bertz CT molecular complexity index is 456. The Morgan fingerprint density at radius 2 is 2.11 bits per heavy atom. The highest BCUT2D eigenvalue weighted by atomic mass is 16.5. The number of morpholine rings is 1. The van der Waals surface area contributed by atoms with Gasteiger partial charge in [0.05, 0.1) is 18.1 Å². The van der Waals surface area contributed by atoms with Crippen molar-refractivity contribution in [3.8, 4) is 0 Å². The van der Waals surface area contributed by atoms with Crippen molar-refractivity contribution < 1.29 is 14.6 Å². The summed E-state index contributed by atoms with van der Waals surface area (Å²) in [5, 5.41) is 9.33. The minimum atomic E-state index is -0.695. The molecule has 1 atom stereocenters. The molecular formula is C15H19NO3. The highest BCUT2D eigenvalue weighted by Gasteiger charge is 2.57. The van der Waals surface area contributed by atoms with Crippen molar-refractivity contribution in [3.63, 3.8) is 0 Å². The normalized spacial score (nSPS) is 26.0. The van der Waals surface area contributed by atoms with Crippen LogP contribution < -0.4 is 0 Å². The number of hydrogen-bond acceptors (Lipinski definition) is 3. The van der Waals surface area contributed by atoms with Crippen LogP contribution in [0.1, 0.15) is 18.4 Å². The summed E-state index contributed by atoms with van der Waals surface area (Å²) in [6.07, 6.45) is 1.36. The van der Waals surface area contributed by atoms with E-state index in [0.29, 0.717) is 6.61 Å². The summed E-state index contributed by atoms with van der Waals surface area (Å²) in [6.45, 7) is 3.10. The third-order valence-electron chi connectivity index (χ3n) is 4.23.